The van der Waals surface area contributed by atoms with Crippen LogP contribution in [-0.4, -0.2) is 22.0 Å². The Hall–Kier alpha value is -2.63. The minimum absolute atomic E-state index is 0.181. The zero-order chi connectivity index (χ0) is 16.9. The molecule has 1 aliphatic heterocycles. The van der Waals surface area contributed by atoms with Gasteiger partial charge in [0, 0.05) is 5.56 Å². The first kappa shape index (κ1) is 14.9. The molecular formula is C18H19N3O3. The molecule has 1 spiro atoms. The number of benzene rings is 1. The monoisotopic (exact) mass is 325 g/mol. The molecule has 2 heterocycles. The van der Waals surface area contributed by atoms with E-state index in [2.05, 4.69) is 10.5 Å². The summed E-state index contributed by atoms with van der Waals surface area (Å²) >= 11 is 0. The SMILES string of the molecule is Cc1noc(C)c1CN1C(=O)N[C@]2(CCCc3ccccc32)C1=O. The van der Waals surface area contributed by atoms with Crippen molar-refractivity contribution in [3.63, 3.8) is 0 Å². The first-order valence-corrected chi connectivity index (χ1v) is 8.17. The summed E-state index contributed by atoms with van der Waals surface area (Å²) in [5.41, 5.74) is 2.63. The van der Waals surface area contributed by atoms with E-state index < -0.39 is 5.54 Å². The molecule has 24 heavy (non-hydrogen) atoms. The Bertz CT molecular complexity index is 822. The van der Waals surface area contributed by atoms with Crippen molar-refractivity contribution in [2.45, 2.75) is 45.2 Å². The molecule has 124 valence electrons. The predicted octanol–water partition coefficient (Wildman–Crippen LogP) is 2.58. The molecule has 4 rings (SSSR count). The maximum Gasteiger partial charge on any atom is 0.325 e. The highest BCUT2D eigenvalue weighted by molar-refractivity contribution is 6.07. The Morgan fingerprint density at radius 1 is 1.29 bits per heavy atom. The lowest BCUT2D eigenvalue weighted by atomic mass is 9.76. The van der Waals surface area contributed by atoms with E-state index in [0.717, 1.165) is 29.5 Å². The predicted molar refractivity (Wildman–Crippen MR) is 86.1 cm³/mol. The zero-order valence-corrected chi connectivity index (χ0v) is 13.8. The Morgan fingerprint density at radius 2 is 2.08 bits per heavy atom. The minimum Gasteiger partial charge on any atom is -0.361 e. The lowest BCUT2D eigenvalue weighted by Crippen LogP contribution is -2.46. The second kappa shape index (κ2) is 5.19. The molecule has 1 aromatic heterocycles. The van der Waals surface area contributed by atoms with Crippen LogP contribution >= 0.6 is 0 Å². The summed E-state index contributed by atoms with van der Waals surface area (Å²) in [5.74, 6) is 0.456. The number of aromatic nitrogens is 1. The Morgan fingerprint density at radius 3 is 2.83 bits per heavy atom. The van der Waals surface area contributed by atoms with E-state index in [1.165, 1.54) is 4.90 Å². The maximum atomic E-state index is 13.2. The van der Waals surface area contributed by atoms with Crippen molar-refractivity contribution in [3.8, 4) is 0 Å². The summed E-state index contributed by atoms with van der Waals surface area (Å²) < 4.78 is 5.15. The van der Waals surface area contributed by atoms with Gasteiger partial charge in [0.2, 0.25) is 0 Å². The fraction of sp³-hybridized carbons (Fsp3) is 0.389. The van der Waals surface area contributed by atoms with Gasteiger partial charge in [-0.1, -0.05) is 29.4 Å². The first-order valence-electron chi connectivity index (χ1n) is 8.17. The summed E-state index contributed by atoms with van der Waals surface area (Å²) in [6.45, 7) is 3.80. The molecular weight excluding hydrogens is 306 g/mol. The van der Waals surface area contributed by atoms with E-state index in [9.17, 15) is 9.59 Å². The van der Waals surface area contributed by atoms with E-state index in [1.54, 1.807) is 6.92 Å². The molecule has 6 heteroatoms. The number of urea groups is 1. The topological polar surface area (TPSA) is 75.4 Å². The van der Waals surface area contributed by atoms with Gasteiger partial charge in [-0.15, -0.1) is 0 Å². The fourth-order valence-electron chi connectivity index (χ4n) is 3.84. The average molecular weight is 325 g/mol. The van der Waals surface area contributed by atoms with Gasteiger partial charge in [0.15, 0.2) is 0 Å². The van der Waals surface area contributed by atoms with E-state index in [-0.39, 0.29) is 18.5 Å². The van der Waals surface area contributed by atoms with Crippen LogP contribution in [0.15, 0.2) is 28.8 Å². The number of rotatable bonds is 2. The number of amides is 3. The number of imide groups is 1. The number of aryl methyl sites for hydroxylation is 3. The number of hydrogen-bond donors (Lipinski definition) is 1. The summed E-state index contributed by atoms with van der Waals surface area (Å²) in [7, 11) is 0. The van der Waals surface area contributed by atoms with Crippen LogP contribution in [0, 0.1) is 13.8 Å². The number of carbonyl (C=O) groups excluding carboxylic acids is 2. The van der Waals surface area contributed by atoms with Gasteiger partial charge >= 0.3 is 6.03 Å². The molecule has 0 radical (unpaired) electrons. The average Bonchev–Trinajstić information content (AvgIpc) is 3.01. The smallest absolute Gasteiger partial charge is 0.325 e. The van der Waals surface area contributed by atoms with Crippen molar-refractivity contribution < 1.29 is 14.1 Å². The van der Waals surface area contributed by atoms with Crippen molar-refractivity contribution in [1.29, 1.82) is 0 Å². The fourth-order valence-corrected chi connectivity index (χ4v) is 3.84. The number of nitrogens with one attached hydrogen (secondary N) is 1. The molecule has 0 unspecified atom stereocenters. The van der Waals surface area contributed by atoms with Crippen molar-refractivity contribution in [1.82, 2.24) is 15.4 Å². The third kappa shape index (κ3) is 1.99. The van der Waals surface area contributed by atoms with Gasteiger partial charge in [0.1, 0.15) is 11.3 Å². The molecule has 6 nitrogen and oxygen atoms in total. The van der Waals surface area contributed by atoms with Crippen LogP contribution < -0.4 is 5.32 Å². The van der Waals surface area contributed by atoms with Crippen molar-refractivity contribution in [2.75, 3.05) is 0 Å². The molecule has 1 aliphatic carbocycles. The number of fused-ring (bicyclic) bond motifs is 2. The second-order valence-electron chi connectivity index (χ2n) is 6.54. The van der Waals surface area contributed by atoms with Crippen molar-refractivity contribution in [2.24, 2.45) is 0 Å². The van der Waals surface area contributed by atoms with E-state index in [0.29, 0.717) is 17.9 Å². The zero-order valence-electron chi connectivity index (χ0n) is 13.8. The number of nitrogens with zero attached hydrogens (tertiary/aromatic N) is 2. The number of carbonyl (C=O) groups is 2. The van der Waals surface area contributed by atoms with Crippen LogP contribution in [0.1, 0.15) is 41.0 Å². The normalized spacial score (nSPS) is 22.8. The molecule has 1 fully saturated rings. The van der Waals surface area contributed by atoms with Crippen LogP contribution in [0.2, 0.25) is 0 Å². The highest BCUT2D eigenvalue weighted by Crippen LogP contribution is 2.40. The molecule has 0 saturated carbocycles. The van der Waals surface area contributed by atoms with Crippen LogP contribution in [-0.2, 0) is 23.3 Å². The largest absolute Gasteiger partial charge is 0.361 e. The third-order valence-corrected chi connectivity index (χ3v) is 5.15. The Balaban J connectivity index is 1.73. The van der Waals surface area contributed by atoms with Crippen LogP contribution in [0.25, 0.3) is 0 Å². The Kier molecular flexibility index (Phi) is 3.23. The standard InChI is InChI=1S/C18H19N3O3/c1-11-14(12(2)24-20-11)10-21-16(22)18(19-17(21)23)9-5-7-13-6-3-4-8-15(13)18/h3-4,6,8H,5,7,9-10H2,1-2H3,(H,19,23)/t18-/m0/s1. The lowest BCUT2D eigenvalue weighted by Gasteiger charge is -2.33. The third-order valence-electron chi connectivity index (χ3n) is 5.15. The van der Waals surface area contributed by atoms with Gasteiger partial charge < -0.3 is 9.84 Å². The van der Waals surface area contributed by atoms with Crippen LogP contribution in [0.4, 0.5) is 4.79 Å². The minimum atomic E-state index is -0.926. The molecule has 2 aromatic rings. The molecule has 1 aromatic carbocycles. The Labute approximate surface area is 139 Å². The molecule has 2 aliphatic rings. The maximum absolute atomic E-state index is 13.2. The molecule has 1 atom stereocenters. The van der Waals surface area contributed by atoms with Crippen LogP contribution in [0.5, 0.6) is 0 Å². The van der Waals surface area contributed by atoms with Gasteiger partial charge in [-0.25, -0.2) is 4.79 Å². The summed E-state index contributed by atoms with van der Waals surface area (Å²) in [5, 5.41) is 6.87. The van der Waals surface area contributed by atoms with Gasteiger partial charge in [-0.05, 0) is 44.2 Å². The first-order chi connectivity index (χ1) is 11.5. The van der Waals surface area contributed by atoms with E-state index in [4.69, 9.17) is 4.52 Å². The highest BCUT2D eigenvalue weighted by atomic mass is 16.5. The van der Waals surface area contributed by atoms with E-state index >= 15 is 0 Å². The highest BCUT2D eigenvalue weighted by Gasteiger charge is 2.53. The van der Waals surface area contributed by atoms with Gasteiger partial charge in [-0.3, -0.25) is 9.69 Å². The van der Waals surface area contributed by atoms with Gasteiger partial charge in [0.05, 0.1) is 12.2 Å². The van der Waals surface area contributed by atoms with Gasteiger partial charge in [0.25, 0.3) is 5.91 Å². The molecule has 1 N–H and O–H groups in total. The lowest BCUT2D eigenvalue weighted by molar-refractivity contribution is -0.132. The quantitative estimate of drug-likeness (QED) is 0.861. The summed E-state index contributed by atoms with van der Waals surface area (Å²) in [4.78, 5) is 27.0. The van der Waals surface area contributed by atoms with E-state index in [1.807, 2.05) is 31.2 Å². The van der Waals surface area contributed by atoms with Crippen LogP contribution in [0.3, 0.4) is 0 Å². The summed E-state index contributed by atoms with van der Waals surface area (Å²) in [6, 6.07) is 7.53. The number of hydrogen-bond acceptors (Lipinski definition) is 4. The molecule has 1 saturated heterocycles. The summed E-state index contributed by atoms with van der Waals surface area (Å²) in [6.07, 6.45) is 2.44. The van der Waals surface area contributed by atoms with Crippen molar-refractivity contribution >= 4 is 11.9 Å². The molecule has 0 bridgehead atoms. The van der Waals surface area contributed by atoms with Gasteiger partial charge in [-0.2, -0.15) is 0 Å². The molecule has 3 amide bonds. The second-order valence-corrected chi connectivity index (χ2v) is 6.54. The van der Waals surface area contributed by atoms with Crippen molar-refractivity contribution in [3.05, 3.63) is 52.4 Å².